The molecule has 0 unspecified atom stereocenters. The number of carbonyl (C=O) groups is 1. The van der Waals surface area contributed by atoms with Crippen molar-refractivity contribution in [3.8, 4) is 0 Å². The summed E-state index contributed by atoms with van der Waals surface area (Å²) in [6.07, 6.45) is 4.53. The first kappa shape index (κ1) is 17.6. The smallest absolute Gasteiger partial charge is 0.303 e. The Labute approximate surface area is 124 Å². The molecular formula is C14H21NO5S. The molecule has 21 heavy (non-hydrogen) atoms. The van der Waals surface area contributed by atoms with Crippen molar-refractivity contribution in [3.05, 3.63) is 30.3 Å². The molecule has 0 saturated heterocycles. The second-order valence-electron chi connectivity index (χ2n) is 5.27. The maximum Gasteiger partial charge on any atom is 0.303 e. The van der Waals surface area contributed by atoms with Gasteiger partial charge in [-0.3, -0.25) is 9.35 Å². The van der Waals surface area contributed by atoms with Crippen LogP contribution in [0.3, 0.4) is 0 Å². The van der Waals surface area contributed by atoms with Gasteiger partial charge in [-0.2, -0.15) is 8.42 Å². The van der Waals surface area contributed by atoms with Crippen molar-refractivity contribution < 1.29 is 22.9 Å². The zero-order chi connectivity index (χ0) is 15.9. The fraction of sp³-hybridized carbons (Fsp3) is 0.500. The largest absolute Gasteiger partial charge is 0.481 e. The molecule has 1 aromatic carbocycles. The molecule has 118 valence electrons. The molecule has 0 spiro atoms. The highest BCUT2D eigenvalue weighted by Crippen LogP contribution is 2.39. The molecule has 0 radical (unpaired) electrons. The van der Waals surface area contributed by atoms with Gasteiger partial charge in [0.1, 0.15) is 0 Å². The van der Waals surface area contributed by atoms with Gasteiger partial charge in [-0.25, -0.2) is 0 Å². The van der Waals surface area contributed by atoms with Crippen LogP contribution >= 0.6 is 0 Å². The molecule has 2 rings (SSSR count). The fourth-order valence-corrected chi connectivity index (χ4v) is 2.99. The Bertz CT molecular complexity index is 550. The normalized spacial score (nSPS) is 16.9. The molecule has 1 aliphatic carbocycles. The maximum atomic E-state index is 10.5. The van der Waals surface area contributed by atoms with Crippen LogP contribution in [0.25, 0.3) is 0 Å². The number of aliphatic carboxylic acids is 1. The average Bonchev–Trinajstić information content (AvgIpc) is 2.88. The van der Waals surface area contributed by atoms with Gasteiger partial charge < -0.3 is 10.8 Å². The van der Waals surface area contributed by atoms with Gasteiger partial charge in [-0.15, -0.1) is 0 Å². The summed E-state index contributed by atoms with van der Waals surface area (Å²) in [5, 5.41) is 8.61. The van der Waals surface area contributed by atoms with Crippen molar-refractivity contribution in [2.24, 2.45) is 11.1 Å². The molecule has 0 aliphatic heterocycles. The van der Waals surface area contributed by atoms with Gasteiger partial charge >= 0.3 is 5.97 Å². The summed E-state index contributed by atoms with van der Waals surface area (Å²) in [5.74, 6) is -0.711. The van der Waals surface area contributed by atoms with Crippen molar-refractivity contribution in [2.75, 3.05) is 6.54 Å². The van der Waals surface area contributed by atoms with Gasteiger partial charge in [-0.1, -0.05) is 31.0 Å². The number of nitrogens with two attached hydrogens (primary N) is 1. The summed E-state index contributed by atoms with van der Waals surface area (Å²) < 4.78 is 29.2. The highest BCUT2D eigenvalue weighted by Gasteiger charge is 2.34. The summed E-state index contributed by atoms with van der Waals surface area (Å²) in [6.45, 7) is 0.527. The lowest BCUT2D eigenvalue weighted by atomic mass is 9.83. The van der Waals surface area contributed by atoms with E-state index >= 15 is 0 Å². The van der Waals surface area contributed by atoms with Crippen LogP contribution < -0.4 is 5.73 Å². The second kappa shape index (κ2) is 7.53. The van der Waals surface area contributed by atoms with E-state index in [4.69, 9.17) is 15.4 Å². The number of carboxylic acid groups (broad SMARTS) is 1. The van der Waals surface area contributed by atoms with Gasteiger partial charge in [0, 0.05) is 0 Å². The Balaban J connectivity index is 0.000000211. The van der Waals surface area contributed by atoms with Crippen LogP contribution in [0.1, 0.15) is 32.1 Å². The molecule has 6 nitrogen and oxygen atoms in total. The second-order valence-corrected chi connectivity index (χ2v) is 6.69. The molecular weight excluding hydrogens is 294 g/mol. The average molecular weight is 315 g/mol. The number of benzene rings is 1. The maximum absolute atomic E-state index is 10.5. The highest BCUT2D eigenvalue weighted by atomic mass is 32.2. The summed E-state index contributed by atoms with van der Waals surface area (Å²) in [4.78, 5) is 10.4. The van der Waals surface area contributed by atoms with Gasteiger partial charge in [0.2, 0.25) is 0 Å². The lowest BCUT2D eigenvalue weighted by Gasteiger charge is -2.24. The number of carboxylic acids is 1. The predicted molar refractivity (Wildman–Crippen MR) is 78.5 cm³/mol. The van der Waals surface area contributed by atoms with Crippen molar-refractivity contribution in [1.82, 2.24) is 0 Å². The molecule has 0 heterocycles. The molecule has 1 aromatic rings. The number of hydrogen-bond donors (Lipinski definition) is 3. The van der Waals surface area contributed by atoms with Crippen molar-refractivity contribution in [1.29, 1.82) is 0 Å². The molecule has 1 saturated carbocycles. The van der Waals surface area contributed by atoms with Crippen LogP contribution in [0.5, 0.6) is 0 Å². The highest BCUT2D eigenvalue weighted by molar-refractivity contribution is 7.85. The zero-order valence-electron chi connectivity index (χ0n) is 11.7. The molecule has 1 fully saturated rings. The molecule has 7 heteroatoms. The minimum absolute atomic E-state index is 0.0637. The molecule has 0 bridgehead atoms. The first-order chi connectivity index (χ1) is 9.79. The number of hydrogen-bond acceptors (Lipinski definition) is 4. The van der Waals surface area contributed by atoms with Gasteiger partial charge in [-0.05, 0) is 36.9 Å². The van der Waals surface area contributed by atoms with Crippen molar-refractivity contribution >= 4 is 16.1 Å². The van der Waals surface area contributed by atoms with Crippen LogP contribution in [-0.2, 0) is 14.9 Å². The lowest BCUT2D eigenvalue weighted by Crippen LogP contribution is -2.29. The summed E-state index contributed by atoms with van der Waals surface area (Å²) in [5.41, 5.74) is 5.49. The van der Waals surface area contributed by atoms with E-state index in [-0.39, 0.29) is 16.7 Å². The minimum Gasteiger partial charge on any atom is -0.481 e. The summed E-state index contributed by atoms with van der Waals surface area (Å²) in [7, 11) is -4.00. The van der Waals surface area contributed by atoms with E-state index in [2.05, 4.69) is 0 Å². The van der Waals surface area contributed by atoms with Gasteiger partial charge in [0.15, 0.2) is 0 Å². The Hall–Kier alpha value is -1.44. The third-order valence-electron chi connectivity index (χ3n) is 3.66. The van der Waals surface area contributed by atoms with Crippen LogP contribution in [0.15, 0.2) is 35.2 Å². The predicted octanol–water partition coefficient (Wildman–Crippen LogP) is 1.91. The lowest BCUT2D eigenvalue weighted by molar-refractivity contribution is -0.139. The van der Waals surface area contributed by atoms with Crippen LogP contribution in [-0.4, -0.2) is 30.6 Å². The minimum atomic E-state index is -4.00. The van der Waals surface area contributed by atoms with E-state index in [1.165, 1.54) is 12.1 Å². The quantitative estimate of drug-likeness (QED) is 0.730. The zero-order valence-corrected chi connectivity index (χ0v) is 12.6. The fourth-order valence-electron chi connectivity index (χ4n) is 2.49. The third kappa shape index (κ3) is 5.82. The monoisotopic (exact) mass is 315 g/mol. The molecule has 1 aliphatic rings. The summed E-state index contributed by atoms with van der Waals surface area (Å²) in [6, 6.07) is 7.42. The Morgan fingerprint density at radius 1 is 1.19 bits per heavy atom. The first-order valence-corrected chi connectivity index (χ1v) is 8.17. The molecule has 0 atom stereocenters. The van der Waals surface area contributed by atoms with Crippen LogP contribution in [0.4, 0.5) is 0 Å². The van der Waals surface area contributed by atoms with Crippen molar-refractivity contribution in [2.45, 2.75) is 37.0 Å². The SMILES string of the molecule is NCC1(CC(=O)O)CCCC1.O=S(=O)(O)c1ccccc1. The molecule has 0 amide bonds. The van der Waals surface area contributed by atoms with E-state index in [9.17, 15) is 13.2 Å². The van der Waals surface area contributed by atoms with E-state index < -0.39 is 16.1 Å². The van der Waals surface area contributed by atoms with Crippen molar-refractivity contribution in [3.63, 3.8) is 0 Å². The standard InChI is InChI=1S/C8H15NO2.C6H6O3S/c9-6-8(5-7(10)11)3-1-2-4-8;7-10(8,9)6-4-2-1-3-5-6/h1-6,9H2,(H,10,11);1-5H,(H,7,8,9). The Morgan fingerprint density at radius 3 is 2.05 bits per heavy atom. The van der Waals surface area contributed by atoms with E-state index in [1.807, 2.05) is 0 Å². The molecule has 4 N–H and O–H groups in total. The van der Waals surface area contributed by atoms with Crippen LogP contribution in [0.2, 0.25) is 0 Å². The summed E-state index contributed by atoms with van der Waals surface area (Å²) >= 11 is 0. The van der Waals surface area contributed by atoms with Gasteiger partial charge in [0.25, 0.3) is 10.1 Å². The van der Waals surface area contributed by atoms with Gasteiger partial charge in [0.05, 0.1) is 11.3 Å². The van der Waals surface area contributed by atoms with E-state index in [0.717, 1.165) is 25.7 Å². The van der Waals surface area contributed by atoms with E-state index in [0.29, 0.717) is 6.54 Å². The number of rotatable bonds is 4. The third-order valence-corrected chi connectivity index (χ3v) is 4.53. The molecule has 0 aromatic heterocycles. The Morgan fingerprint density at radius 2 is 1.71 bits per heavy atom. The first-order valence-electron chi connectivity index (χ1n) is 6.73. The topological polar surface area (TPSA) is 118 Å². The van der Waals surface area contributed by atoms with Crippen LogP contribution in [0, 0.1) is 5.41 Å². The van der Waals surface area contributed by atoms with E-state index in [1.54, 1.807) is 18.2 Å². The Kier molecular flexibility index (Phi) is 6.32.